The number of amides is 2. The minimum Gasteiger partial charge on any atom is -0.465 e. The van der Waals surface area contributed by atoms with Crippen LogP contribution < -0.4 is 10.6 Å². The van der Waals surface area contributed by atoms with Gasteiger partial charge in [-0.25, -0.2) is 4.79 Å². The van der Waals surface area contributed by atoms with Crippen LogP contribution in [-0.4, -0.2) is 30.1 Å². The van der Waals surface area contributed by atoms with Crippen molar-refractivity contribution in [3.8, 4) is 0 Å². The predicted octanol–water partition coefficient (Wildman–Crippen LogP) is 4.10. The number of anilines is 2. The lowest BCUT2D eigenvalue weighted by Crippen LogP contribution is -2.32. The highest BCUT2D eigenvalue weighted by molar-refractivity contribution is 8.01. The van der Waals surface area contributed by atoms with Crippen LogP contribution >= 0.6 is 23.1 Å². The number of nitrogens with one attached hydrogen (secondary N) is 2. The summed E-state index contributed by atoms with van der Waals surface area (Å²) in [6.45, 7) is 2.19. The Bertz CT molecular complexity index is 985. The Kier molecular flexibility index (Phi) is 5.65. The molecule has 4 rings (SSSR count). The van der Waals surface area contributed by atoms with Gasteiger partial charge in [-0.1, -0.05) is 19.1 Å². The van der Waals surface area contributed by atoms with Gasteiger partial charge in [-0.15, -0.1) is 23.1 Å². The van der Waals surface area contributed by atoms with Gasteiger partial charge in [-0.2, -0.15) is 0 Å². The van der Waals surface area contributed by atoms with Crippen molar-refractivity contribution < 1.29 is 19.1 Å². The van der Waals surface area contributed by atoms with E-state index in [4.69, 9.17) is 4.74 Å². The molecule has 2 amide bonds. The average Bonchev–Trinajstić information content (AvgIpc) is 3.04. The molecular weight excluding hydrogens is 408 g/mol. The zero-order valence-corrected chi connectivity index (χ0v) is 17.9. The molecule has 2 N–H and O–H groups in total. The summed E-state index contributed by atoms with van der Waals surface area (Å²) >= 11 is 2.83. The van der Waals surface area contributed by atoms with Crippen molar-refractivity contribution in [3.05, 3.63) is 40.3 Å². The lowest BCUT2D eigenvalue weighted by molar-refractivity contribution is -0.120. The molecule has 2 aromatic rings. The molecule has 0 unspecified atom stereocenters. The summed E-state index contributed by atoms with van der Waals surface area (Å²) in [7, 11) is 1.35. The number of methoxy groups -OCH3 is 1. The largest absolute Gasteiger partial charge is 0.465 e. The van der Waals surface area contributed by atoms with Crippen LogP contribution in [-0.2, 0) is 27.2 Å². The normalized spacial score (nSPS) is 20.3. The number of ether oxygens (including phenoxy) is 1. The van der Waals surface area contributed by atoms with E-state index < -0.39 is 11.2 Å². The minimum absolute atomic E-state index is 0.0322. The highest BCUT2D eigenvalue weighted by Crippen LogP contribution is 2.41. The Balaban J connectivity index is 1.52. The molecule has 0 saturated carbocycles. The molecule has 1 aliphatic carbocycles. The van der Waals surface area contributed by atoms with E-state index in [-0.39, 0.29) is 18.2 Å². The van der Waals surface area contributed by atoms with E-state index in [9.17, 15) is 14.4 Å². The van der Waals surface area contributed by atoms with Gasteiger partial charge in [0.25, 0.3) is 0 Å². The summed E-state index contributed by atoms with van der Waals surface area (Å²) in [5.41, 5.74) is 2.24. The number of thioether (sulfide) groups is 1. The van der Waals surface area contributed by atoms with Crippen LogP contribution in [0.4, 0.5) is 10.7 Å². The molecule has 0 bridgehead atoms. The van der Waals surface area contributed by atoms with Crippen LogP contribution in [0.1, 0.15) is 40.6 Å². The molecule has 1 aromatic heterocycles. The number of fused-ring (bicyclic) bond motifs is 2. The third kappa shape index (κ3) is 4.04. The summed E-state index contributed by atoms with van der Waals surface area (Å²) in [5.74, 6) is -0.339. The van der Waals surface area contributed by atoms with Crippen LogP contribution in [0.5, 0.6) is 0 Å². The van der Waals surface area contributed by atoms with E-state index in [0.29, 0.717) is 16.5 Å². The van der Waals surface area contributed by atoms with E-state index in [1.807, 2.05) is 24.3 Å². The second kappa shape index (κ2) is 8.20. The fraction of sp³-hybridized carbons (Fsp3) is 0.381. The van der Waals surface area contributed by atoms with Gasteiger partial charge in [0.2, 0.25) is 11.8 Å². The molecule has 2 atom stereocenters. The number of para-hydroxylation sites is 1. The molecule has 0 radical (unpaired) electrons. The van der Waals surface area contributed by atoms with E-state index >= 15 is 0 Å². The molecule has 1 aliphatic heterocycles. The lowest BCUT2D eigenvalue weighted by atomic mass is 9.88. The summed E-state index contributed by atoms with van der Waals surface area (Å²) in [4.78, 5) is 39.6. The number of carbonyl (C=O) groups is 3. The molecule has 152 valence electrons. The summed E-state index contributed by atoms with van der Waals surface area (Å²) in [6.07, 6.45) is 2.76. The predicted molar refractivity (Wildman–Crippen MR) is 115 cm³/mol. The zero-order valence-electron chi connectivity index (χ0n) is 16.2. The van der Waals surface area contributed by atoms with E-state index in [2.05, 4.69) is 17.6 Å². The number of esters is 1. The monoisotopic (exact) mass is 430 g/mol. The van der Waals surface area contributed by atoms with E-state index in [1.165, 1.54) is 30.2 Å². The van der Waals surface area contributed by atoms with Crippen molar-refractivity contribution in [2.45, 2.75) is 42.8 Å². The first-order valence-corrected chi connectivity index (χ1v) is 11.2. The maximum atomic E-state index is 12.7. The number of hydrogen-bond donors (Lipinski definition) is 2. The first-order chi connectivity index (χ1) is 14.0. The van der Waals surface area contributed by atoms with Crippen LogP contribution in [0.25, 0.3) is 0 Å². The quantitative estimate of drug-likeness (QED) is 0.714. The highest BCUT2D eigenvalue weighted by atomic mass is 32.2. The van der Waals surface area contributed by atoms with Gasteiger partial charge >= 0.3 is 5.97 Å². The van der Waals surface area contributed by atoms with Gasteiger partial charge in [-0.05, 0) is 42.9 Å². The number of carbonyl (C=O) groups excluding carboxylic acids is 3. The second-order valence-corrected chi connectivity index (χ2v) is 9.74. The van der Waals surface area contributed by atoms with Crippen molar-refractivity contribution in [1.29, 1.82) is 0 Å². The molecule has 1 aromatic carbocycles. The minimum atomic E-state index is -0.513. The van der Waals surface area contributed by atoms with Crippen molar-refractivity contribution in [1.82, 2.24) is 0 Å². The molecule has 0 saturated heterocycles. The molecule has 2 heterocycles. The number of thiophene rings is 1. The molecule has 2 aliphatic rings. The molecular formula is C21H22N2O4S2. The van der Waals surface area contributed by atoms with Crippen molar-refractivity contribution in [2.24, 2.45) is 5.92 Å². The Morgan fingerprint density at radius 3 is 2.90 bits per heavy atom. The van der Waals surface area contributed by atoms with Crippen LogP contribution in [0.2, 0.25) is 0 Å². The van der Waals surface area contributed by atoms with Crippen molar-refractivity contribution >= 4 is 51.6 Å². The SMILES string of the molecule is COC(=O)c1c(NC(=O)C[C@H]2Sc3ccccc3NC2=O)sc2c1CC[C@H](C)C2. The number of benzene rings is 1. The Labute approximate surface area is 177 Å². The van der Waals surface area contributed by atoms with Crippen LogP contribution in [0, 0.1) is 5.92 Å². The zero-order chi connectivity index (χ0) is 20.5. The van der Waals surface area contributed by atoms with Gasteiger partial charge in [0.1, 0.15) is 5.00 Å². The standard InChI is InChI=1S/C21H22N2O4S2/c1-11-7-8-12-15(9-11)29-20(18(12)21(26)27-2)23-17(24)10-16-19(25)22-13-5-3-4-6-14(13)28-16/h3-6,11,16H,7-10H2,1-2H3,(H,22,25)(H,23,24)/t11-,16+/m0/s1. The molecule has 0 fully saturated rings. The van der Waals surface area contributed by atoms with E-state index in [1.54, 1.807) is 0 Å². The second-order valence-electron chi connectivity index (χ2n) is 7.39. The van der Waals surface area contributed by atoms with Crippen LogP contribution in [0.3, 0.4) is 0 Å². The van der Waals surface area contributed by atoms with Crippen molar-refractivity contribution in [3.63, 3.8) is 0 Å². The Morgan fingerprint density at radius 2 is 2.10 bits per heavy atom. The first kappa shape index (κ1) is 20.0. The molecule has 6 nitrogen and oxygen atoms in total. The summed E-state index contributed by atoms with van der Waals surface area (Å²) < 4.78 is 4.96. The smallest absolute Gasteiger partial charge is 0.341 e. The third-order valence-electron chi connectivity index (χ3n) is 5.23. The topological polar surface area (TPSA) is 84.5 Å². The van der Waals surface area contributed by atoms with Gasteiger partial charge in [-0.3, -0.25) is 9.59 Å². The first-order valence-electron chi connectivity index (χ1n) is 9.55. The Hall–Kier alpha value is -2.32. The van der Waals surface area contributed by atoms with E-state index in [0.717, 1.165) is 40.3 Å². The highest BCUT2D eigenvalue weighted by Gasteiger charge is 2.31. The van der Waals surface area contributed by atoms with Crippen molar-refractivity contribution in [2.75, 3.05) is 17.7 Å². The maximum Gasteiger partial charge on any atom is 0.341 e. The average molecular weight is 431 g/mol. The van der Waals surface area contributed by atoms with Gasteiger partial charge in [0, 0.05) is 16.2 Å². The lowest BCUT2D eigenvalue weighted by Gasteiger charge is -2.23. The summed E-state index contributed by atoms with van der Waals surface area (Å²) in [6, 6.07) is 7.53. The van der Waals surface area contributed by atoms with Crippen LogP contribution in [0.15, 0.2) is 29.2 Å². The molecule has 0 spiro atoms. The fourth-order valence-electron chi connectivity index (χ4n) is 3.73. The number of hydrogen-bond acceptors (Lipinski definition) is 6. The van der Waals surface area contributed by atoms with Gasteiger partial charge < -0.3 is 15.4 Å². The summed E-state index contributed by atoms with van der Waals surface area (Å²) in [5, 5.41) is 5.74. The number of rotatable bonds is 4. The Morgan fingerprint density at radius 1 is 1.31 bits per heavy atom. The van der Waals surface area contributed by atoms with Gasteiger partial charge in [0.05, 0.1) is 23.6 Å². The fourth-order valence-corrected chi connectivity index (χ4v) is 6.26. The molecule has 29 heavy (non-hydrogen) atoms. The van der Waals surface area contributed by atoms with Gasteiger partial charge in [0.15, 0.2) is 0 Å². The third-order valence-corrected chi connectivity index (χ3v) is 7.68. The molecule has 8 heteroatoms. The maximum absolute atomic E-state index is 12.7.